The van der Waals surface area contributed by atoms with Crippen molar-refractivity contribution in [2.45, 2.75) is 6.42 Å². The van der Waals surface area contributed by atoms with Crippen LogP contribution in [-0.2, 0) is 6.42 Å². The highest BCUT2D eigenvalue weighted by atomic mass is 35.5. The Labute approximate surface area is 147 Å². The molecule has 24 heavy (non-hydrogen) atoms. The molecule has 0 atom stereocenters. The number of ether oxygens (including phenoxy) is 1. The molecule has 0 spiro atoms. The summed E-state index contributed by atoms with van der Waals surface area (Å²) in [7, 11) is -2.60. The zero-order valence-electron chi connectivity index (χ0n) is 15.4. The van der Waals surface area contributed by atoms with Crippen molar-refractivity contribution in [3.63, 3.8) is 0 Å². The first-order valence-corrected chi connectivity index (χ1v) is 7.58. The summed E-state index contributed by atoms with van der Waals surface area (Å²) in [4.78, 5) is 10.8. The van der Waals surface area contributed by atoms with Crippen LogP contribution in [0.4, 0.5) is 0 Å². The smallest absolute Gasteiger partial charge is 0.124 e. The lowest BCUT2D eigenvalue weighted by molar-refractivity contribution is 0.411. The topological polar surface area (TPSA) is 77.5 Å². The molecule has 0 saturated heterocycles. The molecule has 0 radical (unpaired) electrons. The summed E-state index contributed by atoms with van der Waals surface area (Å²) in [6.45, 7) is 0. The monoisotopic (exact) mass is 339 g/mol. The van der Waals surface area contributed by atoms with Gasteiger partial charge in [-0.05, 0) is 24.3 Å². The van der Waals surface area contributed by atoms with Crippen molar-refractivity contribution in [3.8, 4) is 11.8 Å². The highest BCUT2D eigenvalue weighted by Crippen LogP contribution is 2.34. The van der Waals surface area contributed by atoms with E-state index >= 15 is 0 Å². The van der Waals surface area contributed by atoms with E-state index < -0.39 is 7.04 Å². The Kier molecular flexibility index (Phi) is 2.69. The molecule has 0 amide bonds. The number of fused-ring (bicyclic) bond motifs is 2. The van der Waals surface area contributed by atoms with E-state index in [1.807, 2.05) is 6.07 Å². The van der Waals surface area contributed by atoms with Crippen LogP contribution < -0.4 is 4.74 Å². The second-order valence-electron chi connectivity index (χ2n) is 5.41. The summed E-state index contributed by atoms with van der Waals surface area (Å²) in [6.07, 6.45) is 2.05. The van der Waals surface area contributed by atoms with Crippen LogP contribution in [0.2, 0.25) is 5.02 Å². The lowest BCUT2D eigenvalue weighted by Gasteiger charge is -2.10. The Balaban J connectivity index is 1.83. The van der Waals surface area contributed by atoms with Crippen molar-refractivity contribution in [3.05, 3.63) is 58.5 Å². The Hall–Kier alpha value is -2.97. The molecular weight excluding hydrogens is 324 g/mol. The molecule has 0 bridgehead atoms. The third kappa shape index (κ3) is 2.29. The molecule has 2 aromatic heterocycles. The van der Waals surface area contributed by atoms with Crippen molar-refractivity contribution in [1.29, 1.82) is 5.26 Å². The highest BCUT2D eigenvalue weighted by molar-refractivity contribution is 6.35. The maximum atomic E-state index is 9.03. The van der Waals surface area contributed by atoms with Gasteiger partial charge in [-0.15, -0.1) is 0 Å². The fraction of sp³-hybridized carbons (Fsp3) is 0.111. The lowest BCUT2D eigenvalue weighted by Crippen LogP contribution is -1.97. The molecule has 2 N–H and O–H groups in total. The molecule has 2 aromatic carbocycles. The zero-order chi connectivity index (χ0) is 19.2. The molecule has 0 aliphatic heterocycles. The van der Waals surface area contributed by atoms with Crippen LogP contribution in [0.15, 0.2) is 36.5 Å². The molecule has 4 aromatic rings. The van der Waals surface area contributed by atoms with Gasteiger partial charge in [-0.25, -0.2) is 4.98 Å². The van der Waals surface area contributed by atoms with E-state index in [9.17, 15) is 0 Å². The Bertz CT molecular complexity index is 1200. The number of methoxy groups -OCH3 is 1. The number of H-pyrrole nitrogens is 2. The van der Waals surface area contributed by atoms with Crippen LogP contribution in [0.25, 0.3) is 21.9 Å². The largest absolute Gasteiger partial charge is 0.496 e. The molecule has 0 saturated carbocycles. The molecule has 0 aliphatic rings. The fourth-order valence-corrected chi connectivity index (χ4v) is 3.13. The Morgan fingerprint density at radius 1 is 1.38 bits per heavy atom. The molecule has 0 fully saturated rings. The number of hydrogen-bond donors (Lipinski definition) is 2. The van der Waals surface area contributed by atoms with Gasteiger partial charge < -0.3 is 14.7 Å². The summed E-state index contributed by atoms with van der Waals surface area (Å²) in [5.74, 6) is 0.811. The summed E-state index contributed by atoms with van der Waals surface area (Å²) >= 11 is 6.26. The number of nitrogens with one attached hydrogen (secondary N) is 2. The van der Waals surface area contributed by atoms with Gasteiger partial charge in [0.2, 0.25) is 0 Å². The number of imidazole rings is 1. The first kappa shape index (κ1) is 11.5. The molecule has 4 rings (SSSR count). The van der Waals surface area contributed by atoms with E-state index in [1.54, 1.807) is 24.4 Å². The first-order chi connectivity index (χ1) is 12.8. The van der Waals surface area contributed by atoms with Crippen LogP contribution in [0.5, 0.6) is 5.75 Å². The average molecular weight is 340 g/mol. The molecule has 5 nitrogen and oxygen atoms in total. The number of aromatic nitrogens is 3. The van der Waals surface area contributed by atoms with Crippen LogP contribution in [0.3, 0.4) is 0 Å². The second kappa shape index (κ2) is 5.59. The summed E-state index contributed by atoms with van der Waals surface area (Å²) in [5.41, 5.74) is 3.34. The van der Waals surface area contributed by atoms with Gasteiger partial charge in [-0.3, -0.25) is 0 Å². The molecule has 0 aliphatic carbocycles. The van der Waals surface area contributed by atoms with Gasteiger partial charge in [0.1, 0.15) is 11.6 Å². The number of hydrogen-bond acceptors (Lipinski definition) is 3. The van der Waals surface area contributed by atoms with Crippen molar-refractivity contribution < 1.29 is 8.85 Å². The maximum absolute atomic E-state index is 9.03. The van der Waals surface area contributed by atoms with Crippen LogP contribution in [-0.4, -0.2) is 22.0 Å². The summed E-state index contributed by atoms with van der Waals surface area (Å²) < 4.78 is 27.5. The van der Waals surface area contributed by atoms with Crippen molar-refractivity contribution in [1.82, 2.24) is 15.0 Å². The van der Waals surface area contributed by atoms with E-state index in [2.05, 4.69) is 21.0 Å². The second-order valence-corrected chi connectivity index (χ2v) is 5.81. The SMILES string of the molecule is [2H]C([2H])([2H])Oc1cc(Cl)c2[nH]ccc2c1Cc1nc2cc(C#N)ccc2[nH]1. The number of benzene rings is 2. The van der Waals surface area contributed by atoms with Gasteiger partial charge in [0.15, 0.2) is 0 Å². The quantitative estimate of drug-likeness (QED) is 0.588. The van der Waals surface area contributed by atoms with E-state index in [4.69, 9.17) is 25.7 Å². The number of rotatable bonds is 3. The van der Waals surface area contributed by atoms with E-state index in [1.165, 1.54) is 6.07 Å². The predicted molar refractivity (Wildman–Crippen MR) is 93.5 cm³/mol. The minimum absolute atomic E-state index is 0.185. The maximum Gasteiger partial charge on any atom is 0.124 e. The molecular formula is C18H13ClN4O. The van der Waals surface area contributed by atoms with Crippen LogP contribution >= 0.6 is 11.6 Å². The highest BCUT2D eigenvalue weighted by Gasteiger charge is 2.15. The van der Waals surface area contributed by atoms with Gasteiger partial charge in [0.25, 0.3) is 0 Å². The van der Waals surface area contributed by atoms with Gasteiger partial charge in [-0.1, -0.05) is 11.6 Å². The molecule has 118 valence electrons. The normalized spacial score (nSPS) is 13.4. The number of halogens is 1. The molecule has 6 heteroatoms. The standard InChI is InChI=1S/C18H13ClN4O/c1-24-16-8-13(19)18-11(4-5-21-18)12(16)7-17-22-14-3-2-10(9-20)6-15(14)23-17/h2-6,8,21H,7H2,1H3,(H,22,23)/i1D3. The fourth-order valence-electron chi connectivity index (χ4n) is 2.88. The first-order valence-electron chi connectivity index (χ1n) is 8.70. The van der Waals surface area contributed by atoms with E-state index in [-0.39, 0.29) is 5.75 Å². The van der Waals surface area contributed by atoms with Crippen molar-refractivity contribution in [2.24, 2.45) is 0 Å². The summed E-state index contributed by atoms with van der Waals surface area (Å²) in [6, 6.07) is 10.6. The van der Waals surface area contributed by atoms with Crippen LogP contribution in [0, 0.1) is 11.3 Å². The van der Waals surface area contributed by atoms with Gasteiger partial charge in [0, 0.05) is 29.6 Å². The summed E-state index contributed by atoms with van der Waals surface area (Å²) in [5, 5.41) is 10.2. The molecule has 0 unspecified atom stereocenters. The average Bonchev–Trinajstić information content (AvgIpc) is 3.23. The van der Waals surface area contributed by atoms with Gasteiger partial charge in [0.05, 0.1) is 44.4 Å². The predicted octanol–water partition coefficient (Wildman–Crippen LogP) is 4.17. The van der Waals surface area contributed by atoms with Gasteiger partial charge in [-0.2, -0.15) is 5.26 Å². The number of nitrogens with zero attached hydrogens (tertiary/aromatic N) is 2. The van der Waals surface area contributed by atoms with Crippen molar-refractivity contribution in [2.75, 3.05) is 7.04 Å². The van der Waals surface area contributed by atoms with Crippen LogP contribution in [0.1, 0.15) is 21.1 Å². The number of nitriles is 1. The third-order valence-corrected chi connectivity index (χ3v) is 4.28. The molecule has 2 heterocycles. The zero-order valence-corrected chi connectivity index (χ0v) is 13.1. The minimum Gasteiger partial charge on any atom is -0.496 e. The van der Waals surface area contributed by atoms with E-state index in [0.717, 1.165) is 10.9 Å². The van der Waals surface area contributed by atoms with E-state index in [0.29, 0.717) is 39.4 Å². The third-order valence-electron chi connectivity index (χ3n) is 3.98. The number of aromatic amines is 2. The van der Waals surface area contributed by atoms with Crippen molar-refractivity contribution >= 4 is 33.5 Å². The Morgan fingerprint density at radius 2 is 2.29 bits per heavy atom. The minimum atomic E-state index is -2.60. The lowest BCUT2D eigenvalue weighted by atomic mass is 10.1. The van der Waals surface area contributed by atoms with Gasteiger partial charge >= 0.3 is 0 Å². The Morgan fingerprint density at radius 3 is 3.12 bits per heavy atom.